The average molecular weight is 252 g/mol. The van der Waals surface area contributed by atoms with Crippen LogP contribution in [-0.4, -0.2) is 22.6 Å². The Bertz CT molecular complexity index is 527. The van der Waals surface area contributed by atoms with Crippen LogP contribution in [0.5, 0.6) is 0 Å². The summed E-state index contributed by atoms with van der Waals surface area (Å²) in [6.07, 6.45) is 0. The number of nitrogens with two attached hydrogens (primary N) is 1. The van der Waals surface area contributed by atoms with Crippen LogP contribution in [0.25, 0.3) is 0 Å². The van der Waals surface area contributed by atoms with E-state index in [4.69, 9.17) is 0 Å². The fourth-order valence-electron chi connectivity index (χ4n) is 1.01. The molecule has 0 heterocycles. The van der Waals surface area contributed by atoms with Gasteiger partial charge in [-0.3, -0.25) is 35.3 Å². The lowest BCUT2D eigenvalue weighted by Crippen LogP contribution is -2.47. The van der Waals surface area contributed by atoms with Crippen LogP contribution >= 0.6 is 0 Å². The summed E-state index contributed by atoms with van der Waals surface area (Å²) in [4.78, 5) is 42.4. The number of nitrogens with zero attached hydrogens (tertiary/aromatic N) is 1. The largest absolute Gasteiger partial charge is 0.361 e. The molecule has 0 bridgehead atoms. The summed E-state index contributed by atoms with van der Waals surface area (Å²) in [5.41, 5.74) is 7.94. The molecule has 1 rings (SSSR count). The number of rotatable bonds is 2. The van der Waals surface area contributed by atoms with E-state index in [1.807, 2.05) is 5.43 Å². The Balaban J connectivity index is 2.73. The standard InChI is InChI=1S/C9H8N4O5/c10-7(14)9(16)12-11-8(15)5-2-1-3-6(4-5)13(17)18/h1-4H,(H2,10,14)(H,11,15)(H,12,16). The number of benzene rings is 1. The number of non-ortho nitro benzene ring substituents is 1. The van der Waals surface area contributed by atoms with E-state index in [-0.39, 0.29) is 11.3 Å². The molecular weight excluding hydrogens is 244 g/mol. The Morgan fingerprint density at radius 2 is 1.89 bits per heavy atom. The molecule has 0 saturated carbocycles. The second-order valence-corrected chi connectivity index (χ2v) is 3.08. The number of primary amides is 1. The third kappa shape index (κ3) is 3.27. The van der Waals surface area contributed by atoms with E-state index in [1.165, 1.54) is 18.2 Å². The summed E-state index contributed by atoms with van der Waals surface area (Å²) in [5, 5.41) is 10.5. The second kappa shape index (κ2) is 5.39. The maximum atomic E-state index is 11.4. The van der Waals surface area contributed by atoms with Gasteiger partial charge >= 0.3 is 11.8 Å². The Labute approximate surface area is 100 Å². The molecule has 4 N–H and O–H groups in total. The first kappa shape index (κ1) is 13.1. The Morgan fingerprint density at radius 1 is 1.22 bits per heavy atom. The highest BCUT2D eigenvalue weighted by atomic mass is 16.6. The molecule has 3 amide bonds. The molecule has 0 saturated heterocycles. The SMILES string of the molecule is NC(=O)C(=O)NNC(=O)c1cccc([N+](=O)[O-])c1. The van der Waals surface area contributed by atoms with Crippen LogP contribution in [0.4, 0.5) is 5.69 Å². The third-order valence-corrected chi connectivity index (χ3v) is 1.83. The van der Waals surface area contributed by atoms with Gasteiger partial charge in [-0.15, -0.1) is 0 Å². The number of amides is 3. The van der Waals surface area contributed by atoms with Gasteiger partial charge in [-0.25, -0.2) is 0 Å². The third-order valence-electron chi connectivity index (χ3n) is 1.83. The van der Waals surface area contributed by atoms with E-state index < -0.39 is 22.6 Å². The highest BCUT2D eigenvalue weighted by Crippen LogP contribution is 2.12. The molecule has 1 aromatic rings. The van der Waals surface area contributed by atoms with E-state index in [0.29, 0.717) is 0 Å². The molecule has 9 heteroatoms. The quantitative estimate of drug-likeness (QED) is 0.345. The molecule has 0 spiro atoms. The van der Waals surface area contributed by atoms with Gasteiger partial charge in [0.05, 0.1) is 4.92 Å². The molecule has 0 aliphatic rings. The zero-order valence-corrected chi connectivity index (χ0v) is 8.88. The molecular formula is C9H8N4O5. The highest BCUT2D eigenvalue weighted by molar-refractivity contribution is 6.34. The smallest absolute Gasteiger partial charge is 0.327 e. The van der Waals surface area contributed by atoms with Crippen LogP contribution in [0.1, 0.15) is 10.4 Å². The number of nitrogens with one attached hydrogen (secondary N) is 2. The van der Waals surface area contributed by atoms with Crippen molar-refractivity contribution in [3.05, 3.63) is 39.9 Å². The molecule has 0 aliphatic carbocycles. The van der Waals surface area contributed by atoms with Crippen LogP contribution in [0.2, 0.25) is 0 Å². The molecule has 18 heavy (non-hydrogen) atoms. The number of nitro groups is 1. The van der Waals surface area contributed by atoms with Gasteiger partial charge in [0.25, 0.3) is 11.6 Å². The molecule has 0 aromatic heterocycles. The Hall–Kier alpha value is -2.97. The Morgan fingerprint density at radius 3 is 2.44 bits per heavy atom. The van der Waals surface area contributed by atoms with Crippen molar-refractivity contribution in [2.24, 2.45) is 5.73 Å². The fraction of sp³-hybridized carbons (Fsp3) is 0. The van der Waals surface area contributed by atoms with E-state index in [1.54, 1.807) is 5.43 Å². The lowest BCUT2D eigenvalue weighted by atomic mass is 10.2. The first-order chi connectivity index (χ1) is 8.41. The van der Waals surface area contributed by atoms with Gasteiger partial charge in [0.15, 0.2) is 0 Å². The van der Waals surface area contributed by atoms with Gasteiger partial charge in [-0.2, -0.15) is 0 Å². The molecule has 0 aliphatic heterocycles. The topological polar surface area (TPSA) is 144 Å². The van der Waals surface area contributed by atoms with Crippen molar-refractivity contribution in [1.82, 2.24) is 10.9 Å². The predicted molar refractivity (Wildman–Crippen MR) is 57.9 cm³/mol. The predicted octanol–water partition coefficient (Wildman–Crippen LogP) is -1.16. The monoisotopic (exact) mass is 252 g/mol. The van der Waals surface area contributed by atoms with Crippen molar-refractivity contribution in [2.45, 2.75) is 0 Å². The van der Waals surface area contributed by atoms with Crippen LogP contribution < -0.4 is 16.6 Å². The van der Waals surface area contributed by atoms with Crippen molar-refractivity contribution in [3.8, 4) is 0 Å². The molecule has 0 atom stereocenters. The minimum atomic E-state index is -1.27. The summed E-state index contributed by atoms with van der Waals surface area (Å²) in [6.45, 7) is 0. The lowest BCUT2D eigenvalue weighted by Gasteiger charge is -2.04. The number of hydrogen-bond donors (Lipinski definition) is 3. The van der Waals surface area contributed by atoms with Crippen molar-refractivity contribution < 1.29 is 19.3 Å². The number of hydrazine groups is 1. The van der Waals surface area contributed by atoms with Crippen LogP contribution in [0.15, 0.2) is 24.3 Å². The summed E-state index contributed by atoms with van der Waals surface area (Å²) < 4.78 is 0. The summed E-state index contributed by atoms with van der Waals surface area (Å²) in [6, 6.07) is 4.84. The van der Waals surface area contributed by atoms with E-state index in [0.717, 1.165) is 6.07 Å². The van der Waals surface area contributed by atoms with Gasteiger partial charge in [0.2, 0.25) is 0 Å². The summed E-state index contributed by atoms with van der Waals surface area (Å²) >= 11 is 0. The first-order valence-corrected chi connectivity index (χ1v) is 4.56. The van der Waals surface area contributed by atoms with Gasteiger partial charge in [0.1, 0.15) is 0 Å². The van der Waals surface area contributed by atoms with Gasteiger partial charge < -0.3 is 5.73 Å². The summed E-state index contributed by atoms with van der Waals surface area (Å²) in [5.74, 6) is -3.28. The van der Waals surface area contributed by atoms with Crippen molar-refractivity contribution in [2.75, 3.05) is 0 Å². The first-order valence-electron chi connectivity index (χ1n) is 4.56. The fourth-order valence-corrected chi connectivity index (χ4v) is 1.01. The van der Waals surface area contributed by atoms with Crippen molar-refractivity contribution in [3.63, 3.8) is 0 Å². The maximum absolute atomic E-state index is 11.4. The van der Waals surface area contributed by atoms with E-state index in [9.17, 15) is 24.5 Å². The number of carbonyl (C=O) groups excluding carboxylic acids is 3. The summed E-state index contributed by atoms with van der Waals surface area (Å²) in [7, 11) is 0. The van der Waals surface area contributed by atoms with E-state index >= 15 is 0 Å². The van der Waals surface area contributed by atoms with E-state index in [2.05, 4.69) is 5.73 Å². The molecule has 0 fully saturated rings. The molecule has 0 unspecified atom stereocenters. The van der Waals surface area contributed by atoms with Crippen LogP contribution in [0, 0.1) is 10.1 Å². The van der Waals surface area contributed by atoms with Gasteiger partial charge in [-0.05, 0) is 6.07 Å². The minimum absolute atomic E-state index is 0.0472. The van der Waals surface area contributed by atoms with Crippen molar-refractivity contribution >= 4 is 23.4 Å². The molecule has 0 radical (unpaired) electrons. The number of carbonyl (C=O) groups is 3. The average Bonchev–Trinajstić information content (AvgIpc) is 2.35. The Kier molecular flexibility index (Phi) is 3.92. The molecule has 94 valence electrons. The zero-order chi connectivity index (χ0) is 13.7. The zero-order valence-electron chi connectivity index (χ0n) is 8.88. The van der Waals surface area contributed by atoms with Gasteiger partial charge in [0, 0.05) is 17.7 Å². The van der Waals surface area contributed by atoms with Crippen LogP contribution in [-0.2, 0) is 9.59 Å². The molecule has 9 nitrogen and oxygen atoms in total. The minimum Gasteiger partial charge on any atom is -0.361 e. The molecule has 1 aromatic carbocycles. The maximum Gasteiger partial charge on any atom is 0.327 e. The van der Waals surface area contributed by atoms with Gasteiger partial charge in [-0.1, -0.05) is 6.07 Å². The highest BCUT2D eigenvalue weighted by Gasteiger charge is 2.13. The second-order valence-electron chi connectivity index (χ2n) is 3.08. The van der Waals surface area contributed by atoms with Crippen LogP contribution in [0.3, 0.4) is 0 Å². The number of hydrogen-bond acceptors (Lipinski definition) is 5. The van der Waals surface area contributed by atoms with Crippen molar-refractivity contribution in [1.29, 1.82) is 0 Å². The lowest BCUT2D eigenvalue weighted by molar-refractivity contribution is -0.384. The number of nitro benzene ring substituents is 1. The normalized spacial score (nSPS) is 9.33.